The molecular formula is C13H19FN2O3S. The van der Waals surface area contributed by atoms with Crippen LogP contribution in [-0.2, 0) is 14.6 Å². The molecule has 7 heteroatoms. The van der Waals surface area contributed by atoms with Gasteiger partial charge in [-0.2, -0.15) is 0 Å². The summed E-state index contributed by atoms with van der Waals surface area (Å²) in [5.41, 5.74) is 5.75. The van der Waals surface area contributed by atoms with Crippen molar-refractivity contribution in [3.63, 3.8) is 0 Å². The van der Waals surface area contributed by atoms with Crippen molar-refractivity contribution in [1.29, 1.82) is 0 Å². The number of benzene rings is 1. The van der Waals surface area contributed by atoms with Crippen LogP contribution in [0.25, 0.3) is 0 Å². The molecular weight excluding hydrogens is 283 g/mol. The van der Waals surface area contributed by atoms with Crippen LogP contribution < -0.4 is 11.1 Å². The van der Waals surface area contributed by atoms with Crippen LogP contribution in [0, 0.1) is 5.82 Å². The van der Waals surface area contributed by atoms with Gasteiger partial charge in [0.25, 0.3) is 0 Å². The monoisotopic (exact) mass is 302 g/mol. The van der Waals surface area contributed by atoms with Crippen LogP contribution in [0.15, 0.2) is 18.2 Å². The summed E-state index contributed by atoms with van der Waals surface area (Å²) in [5, 5.41) is 2.32. The number of amides is 1. The molecule has 0 spiro atoms. The lowest BCUT2D eigenvalue weighted by atomic mass is 10.2. The Balaban J connectivity index is 2.68. The first-order valence-corrected chi connectivity index (χ1v) is 7.75. The molecule has 112 valence electrons. The zero-order valence-electron chi connectivity index (χ0n) is 11.7. The van der Waals surface area contributed by atoms with E-state index in [-0.39, 0.29) is 17.9 Å². The number of nitrogen functional groups attached to an aromatic ring is 1. The van der Waals surface area contributed by atoms with E-state index in [9.17, 15) is 17.6 Å². The molecule has 0 aromatic heterocycles. The van der Waals surface area contributed by atoms with Gasteiger partial charge in [-0.15, -0.1) is 0 Å². The number of anilines is 2. The van der Waals surface area contributed by atoms with Gasteiger partial charge in [0.2, 0.25) is 5.91 Å². The molecule has 0 fully saturated rings. The van der Waals surface area contributed by atoms with Gasteiger partial charge in [0.1, 0.15) is 5.82 Å². The van der Waals surface area contributed by atoms with Gasteiger partial charge in [0.15, 0.2) is 9.84 Å². The van der Waals surface area contributed by atoms with E-state index in [1.54, 1.807) is 20.8 Å². The maximum absolute atomic E-state index is 13.4. The van der Waals surface area contributed by atoms with Crippen LogP contribution in [0.3, 0.4) is 0 Å². The van der Waals surface area contributed by atoms with Gasteiger partial charge in [-0.3, -0.25) is 4.79 Å². The summed E-state index contributed by atoms with van der Waals surface area (Å²) in [5.74, 6) is -1.47. The Kier molecular flexibility index (Phi) is 4.75. The first-order chi connectivity index (χ1) is 9.03. The second kappa shape index (κ2) is 5.78. The van der Waals surface area contributed by atoms with Crippen molar-refractivity contribution in [2.75, 3.05) is 16.8 Å². The molecule has 1 aromatic carbocycles. The summed E-state index contributed by atoms with van der Waals surface area (Å²) in [6.45, 7) is 4.70. The number of hydrogen-bond acceptors (Lipinski definition) is 4. The van der Waals surface area contributed by atoms with Crippen LogP contribution in [0.2, 0.25) is 0 Å². The predicted molar refractivity (Wildman–Crippen MR) is 77.6 cm³/mol. The summed E-state index contributed by atoms with van der Waals surface area (Å²) >= 11 is 0. The predicted octanol–water partition coefficient (Wildman–Crippen LogP) is 1.95. The number of carbonyl (C=O) groups is 1. The molecule has 1 rings (SSSR count). The lowest BCUT2D eigenvalue weighted by molar-refractivity contribution is -0.115. The Morgan fingerprint density at radius 2 is 1.95 bits per heavy atom. The van der Waals surface area contributed by atoms with Crippen molar-refractivity contribution in [1.82, 2.24) is 0 Å². The average Bonchev–Trinajstić information content (AvgIpc) is 2.30. The van der Waals surface area contributed by atoms with E-state index < -0.39 is 26.3 Å². The van der Waals surface area contributed by atoms with Gasteiger partial charge in [-0.25, -0.2) is 12.8 Å². The van der Waals surface area contributed by atoms with Crippen LogP contribution in [0.5, 0.6) is 0 Å². The quantitative estimate of drug-likeness (QED) is 0.832. The van der Waals surface area contributed by atoms with Gasteiger partial charge in [-0.1, -0.05) is 0 Å². The summed E-state index contributed by atoms with van der Waals surface area (Å²) in [6, 6.07) is 3.79. The van der Waals surface area contributed by atoms with E-state index in [4.69, 9.17) is 5.73 Å². The van der Waals surface area contributed by atoms with E-state index in [1.165, 1.54) is 12.1 Å². The van der Waals surface area contributed by atoms with Crippen LogP contribution in [-0.4, -0.2) is 24.8 Å². The van der Waals surface area contributed by atoms with E-state index in [0.717, 1.165) is 6.07 Å². The zero-order valence-corrected chi connectivity index (χ0v) is 12.6. The van der Waals surface area contributed by atoms with Crippen molar-refractivity contribution in [2.24, 2.45) is 0 Å². The highest BCUT2D eigenvalue weighted by atomic mass is 32.2. The molecule has 0 atom stereocenters. The largest absolute Gasteiger partial charge is 0.399 e. The normalized spacial score (nSPS) is 12.2. The number of rotatable bonds is 4. The minimum absolute atomic E-state index is 0.0526. The van der Waals surface area contributed by atoms with E-state index in [0.29, 0.717) is 5.69 Å². The zero-order chi connectivity index (χ0) is 15.6. The molecule has 0 unspecified atom stereocenters. The third-order valence-electron chi connectivity index (χ3n) is 2.80. The number of hydrogen-bond donors (Lipinski definition) is 2. The first kappa shape index (κ1) is 16.4. The Morgan fingerprint density at radius 3 is 2.50 bits per heavy atom. The Hall–Kier alpha value is -1.63. The molecule has 0 saturated heterocycles. The molecule has 1 amide bonds. The molecule has 0 saturated carbocycles. The highest BCUT2D eigenvalue weighted by molar-refractivity contribution is 7.92. The first-order valence-electron chi connectivity index (χ1n) is 6.10. The minimum Gasteiger partial charge on any atom is -0.399 e. The van der Waals surface area contributed by atoms with Crippen molar-refractivity contribution < 1.29 is 17.6 Å². The lowest BCUT2D eigenvalue weighted by Gasteiger charge is -2.18. The molecule has 0 aliphatic heterocycles. The fourth-order valence-corrected chi connectivity index (χ4v) is 2.45. The molecule has 0 aliphatic carbocycles. The summed E-state index contributed by atoms with van der Waals surface area (Å²) in [4.78, 5) is 11.7. The van der Waals surface area contributed by atoms with Gasteiger partial charge in [-0.05, 0) is 39.0 Å². The average molecular weight is 302 g/mol. The van der Waals surface area contributed by atoms with Crippen molar-refractivity contribution in [3.8, 4) is 0 Å². The van der Waals surface area contributed by atoms with Crippen molar-refractivity contribution >= 4 is 27.1 Å². The van der Waals surface area contributed by atoms with Gasteiger partial charge in [0.05, 0.1) is 16.2 Å². The lowest BCUT2D eigenvalue weighted by Crippen LogP contribution is -2.32. The number of sulfone groups is 1. The fraction of sp³-hybridized carbons (Fsp3) is 0.462. The standard InChI is InChI=1S/C13H19FN2O3S/c1-13(2,3)20(18,19)7-6-12(17)16-11-8-9(15)4-5-10(11)14/h4-5,8H,6-7,15H2,1-3H3,(H,16,17). The van der Waals surface area contributed by atoms with Gasteiger partial charge >= 0.3 is 0 Å². The molecule has 3 N–H and O–H groups in total. The highest BCUT2D eigenvalue weighted by Gasteiger charge is 2.29. The molecule has 20 heavy (non-hydrogen) atoms. The molecule has 1 aromatic rings. The van der Waals surface area contributed by atoms with E-state index in [1.807, 2.05) is 0 Å². The van der Waals surface area contributed by atoms with E-state index >= 15 is 0 Å². The molecule has 0 aliphatic rings. The molecule has 5 nitrogen and oxygen atoms in total. The Bertz CT molecular complexity index is 607. The molecule has 0 bridgehead atoms. The Labute approximate surface area is 118 Å². The van der Waals surface area contributed by atoms with Crippen LogP contribution in [0.1, 0.15) is 27.2 Å². The maximum Gasteiger partial charge on any atom is 0.225 e. The third kappa shape index (κ3) is 4.19. The number of nitrogens with two attached hydrogens (primary N) is 1. The number of carbonyl (C=O) groups excluding carboxylic acids is 1. The summed E-state index contributed by atoms with van der Waals surface area (Å²) in [7, 11) is -3.38. The van der Waals surface area contributed by atoms with Crippen LogP contribution in [0.4, 0.5) is 15.8 Å². The topological polar surface area (TPSA) is 89.3 Å². The summed E-state index contributed by atoms with van der Waals surface area (Å²) < 4.78 is 36.2. The minimum atomic E-state index is -3.38. The van der Waals surface area contributed by atoms with E-state index in [2.05, 4.69) is 5.32 Å². The van der Waals surface area contributed by atoms with Crippen molar-refractivity contribution in [2.45, 2.75) is 31.9 Å². The smallest absolute Gasteiger partial charge is 0.225 e. The van der Waals surface area contributed by atoms with Gasteiger partial charge in [0, 0.05) is 12.1 Å². The van der Waals surface area contributed by atoms with Gasteiger partial charge < -0.3 is 11.1 Å². The van der Waals surface area contributed by atoms with Crippen molar-refractivity contribution in [3.05, 3.63) is 24.0 Å². The highest BCUT2D eigenvalue weighted by Crippen LogP contribution is 2.19. The molecule has 0 heterocycles. The third-order valence-corrected chi connectivity index (χ3v) is 5.40. The fourth-order valence-electron chi connectivity index (χ4n) is 1.38. The second-order valence-electron chi connectivity index (χ2n) is 5.47. The number of nitrogens with one attached hydrogen (secondary N) is 1. The second-order valence-corrected chi connectivity index (χ2v) is 8.33. The molecule has 0 radical (unpaired) electrons. The number of halogens is 1. The SMILES string of the molecule is CC(C)(C)S(=O)(=O)CCC(=O)Nc1cc(N)ccc1F. The summed E-state index contributed by atoms with van der Waals surface area (Å²) in [6.07, 6.45) is -0.228. The van der Waals surface area contributed by atoms with Crippen LogP contribution >= 0.6 is 0 Å². The Morgan fingerprint density at radius 1 is 1.35 bits per heavy atom. The maximum atomic E-state index is 13.4.